The van der Waals surface area contributed by atoms with Gasteiger partial charge in [0.1, 0.15) is 0 Å². The summed E-state index contributed by atoms with van der Waals surface area (Å²) in [5.74, 6) is 0. The van der Waals surface area contributed by atoms with E-state index in [1.54, 1.807) is 35.1 Å². The molecule has 0 atom stereocenters. The molecular formula is C36H22N6S3. The van der Waals surface area contributed by atoms with Crippen molar-refractivity contribution in [2.75, 3.05) is 0 Å². The van der Waals surface area contributed by atoms with Crippen LogP contribution in [0.25, 0.3) is 44.5 Å². The Morgan fingerprint density at radius 1 is 0.511 bits per heavy atom. The Bertz CT molecular complexity index is 2230. The zero-order valence-corrected chi connectivity index (χ0v) is 26.0. The first-order chi connectivity index (χ1) is 22.2. The largest absolute Gasteiger partial charge is 0.355 e. The Kier molecular flexibility index (Phi) is 6.26. The van der Waals surface area contributed by atoms with Crippen molar-refractivity contribution in [3.05, 3.63) is 139 Å². The number of aliphatic imine (C=N–C) groups is 4. The van der Waals surface area contributed by atoms with Gasteiger partial charge in [-0.3, -0.25) is 9.98 Å². The SMILES string of the molecule is C1=C/C(=C/c2ccc(/C=C3\C=CC(c4scc5c4sc4c(C6=N/C(=C\c7ccc(/C=C8\C=CC=N8)[nH]7)C=C6)scc45)=N3)[nH]2)N=C1. The van der Waals surface area contributed by atoms with Gasteiger partial charge in [-0.1, -0.05) is 0 Å². The topological polar surface area (TPSA) is 81.0 Å². The third-order valence-electron chi connectivity index (χ3n) is 7.60. The van der Waals surface area contributed by atoms with Crippen LogP contribution in [0.4, 0.5) is 0 Å². The van der Waals surface area contributed by atoms with Crippen LogP contribution < -0.4 is 0 Å². The predicted octanol–water partition coefficient (Wildman–Crippen LogP) is 9.60. The molecule has 0 amide bonds. The maximum atomic E-state index is 4.98. The Labute approximate surface area is 270 Å². The fraction of sp³-hybridized carbons (Fsp3) is 0. The molecular weight excluding hydrogens is 613 g/mol. The standard InChI is InChI=1S/C36H22N6S3/c1-3-21(37-13-1)15-23-5-7-25(39-23)17-27-9-11-31(41-27)35-33-29(19-43-35)30-20-44-36(34(30)45-33)32-12-10-28(42-32)18-26-8-6-24(40-26)16-22-4-2-14-38-22/h1-20,39-40H/b21-15-,22-16+,27-17+,28-18-. The van der Waals surface area contributed by atoms with E-state index in [-0.39, 0.29) is 0 Å². The van der Waals surface area contributed by atoms with Crippen LogP contribution in [0.15, 0.2) is 126 Å². The molecule has 2 N–H and O–H groups in total. The van der Waals surface area contributed by atoms with Gasteiger partial charge in [-0.25, -0.2) is 9.98 Å². The van der Waals surface area contributed by atoms with E-state index < -0.39 is 0 Å². The molecule has 9 rings (SSSR count). The molecule has 4 aliphatic heterocycles. The van der Waals surface area contributed by atoms with E-state index in [0.717, 1.165) is 57.0 Å². The Balaban J connectivity index is 0.972. The lowest BCUT2D eigenvalue weighted by Crippen LogP contribution is -1.89. The first-order valence-electron chi connectivity index (χ1n) is 14.3. The van der Waals surface area contributed by atoms with E-state index in [1.807, 2.05) is 47.8 Å². The van der Waals surface area contributed by atoms with Crippen molar-refractivity contribution in [3.63, 3.8) is 0 Å². The number of hydrogen-bond donors (Lipinski definition) is 2. The maximum Gasteiger partial charge on any atom is 0.0824 e. The van der Waals surface area contributed by atoms with Gasteiger partial charge in [0, 0.05) is 56.7 Å². The van der Waals surface area contributed by atoms with Crippen LogP contribution in [0.1, 0.15) is 32.5 Å². The minimum Gasteiger partial charge on any atom is -0.355 e. The van der Waals surface area contributed by atoms with E-state index >= 15 is 0 Å². The number of aromatic amines is 2. The summed E-state index contributed by atoms with van der Waals surface area (Å²) in [6, 6.07) is 8.26. The highest BCUT2D eigenvalue weighted by atomic mass is 32.1. The number of nitrogens with zero attached hydrogens (tertiary/aromatic N) is 4. The molecule has 45 heavy (non-hydrogen) atoms. The Morgan fingerprint density at radius 3 is 1.38 bits per heavy atom. The van der Waals surface area contributed by atoms with Gasteiger partial charge in [-0.15, -0.1) is 34.0 Å². The van der Waals surface area contributed by atoms with Crippen LogP contribution in [-0.2, 0) is 0 Å². The molecule has 4 aliphatic rings. The molecule has 5 aromatic heterocycles. The fourth-order valence-electron chi connectivity index (χ4n) is 5.53. The molecule has 0 aliphatic carbocycles. The average Bonchev–Trinajstić information content (AvgIpc) is 3.84. The summed E-state index contributed by atoms with van der Waals surface area (Å²) in [6.45, 7) is 0. The quantitative estimate of drug-likeness (QED) is 0.187. The molecule has 0 saturated carbocycles. The lowest BCUT2D eigenvalue weighted by molar-refractivity contribution is 1.32. The van der Waals surface area contributed by atoms with E-state index in [2.05, 4.69) is 91.4 Å². The molecule has 0 spiro atoms. The van der Waals surface area contributed by atoms with Crippen molar-refractivity contribution in [1.29, 1.82) is 0 Å². The summed E-state index contributed by atoms with van der Waals surface area (Å²) in [5.41, 5.74) is 9.83. The second-order valence-corrected chi connectivity index (χ2v) is 13.4. The van der Waals surface area contributed by atoms with E-state index in [9.17, 15) is 0 Å². The number of fused-ring (bicyclic) bond motifs is 3. The molecule has 9 heterocycles. The summed E-state index contributed by atoms with van der Waals surface area (Å²) in [6.07, 6.45) is 28.1. The van der Waals surface area contributed by atoms with Gasteiger partial charge in [0.05, 0.1) is 53.4 Å². The molecule has 6 nitrogen and oxygen atoms in total. The van der Waals surface area contributed by atoms with Gasteiger partial charge in [-0.2, -0.15) is 0 Å². The molecule has 0 bridgehead atoms. The summed E-state index contributed by atoms with van der Waals surface area (Å²) >= 11 is 5.37. The van der Waals surface area contributed by atoms with Crippen LogP contribution >= 0.6 is 34.0 Å². The summed E-state index contributed by atoms with van der Waals surface area (Å²) in [4.78, 5) is 27.9. The fourth-order valence-corrected chi connectivity index (χ4v) is 9.23. The summed E-state index contributed by atoms with van der Waals surface area (Å²) in [5, 5.41) is 7.13. The van der Waals surface area contributed by atoms with Crippen LogP contribution in [-0.4, -0.2) is 33.8 Å². The van der Waals surface area contributed by atoms with Crippen molar-refractivity contribution in [3.8, 4) is 0 Å². The second-order valence-electron chi connectivity index (χ2n) is 10.7. The van der Waals surface area contributed by atoms with E-state index in [0.29, 0.717) is 0 Å². The smallest absolute Gasteiger partial charge is 0.0824 e. The van der Waals surface area contributed by atoms with Gasteiger partial charge in [0.2, 0.25) is 0 Å². The molecule has 0 saturated heterocycles. The number of thiophene rings is 3. The second kappa shape index (κ2) is 10.7. The molecule has 0 aromatic carbocycles. The van der Waals surface area contributed by atoms with Gasteiger partial charge in [0.15, 0.2) is 0 Å². The minimum absolute atomic E-state index is 0.935. The van der Waals surface area contributed by atoms with E-state index in [4.69, 9.17) is 9.98 Å². The van der Waals surface area contributed by atoms with Crippen LogP contribution in [0.5, 0.6) is 0 Å². The first kappa shape index (κ1) is 26.2. The molecule has 0 unspecified atom stereocenters. The highest BCUT2D eigenvalue weighted by molar-refractivity contribution is 7.32. The zero-order valence-electron chi connectivity index (χ0n) is 23.6. The number of hydrogen-bond acceptors (Lipinski definition) is 7. The predicted molar refractivity (Wildman–Crippen MR) is 195 cm³/mol. The average molecular weight is 635 g/mol. The van der Waals surface area contributed by atoms with Crippen LogP contribution in [0.3, 0.4) is 0 Å². The van der Waals surface area contributed by atoms with Crippen molar-refractivity contribution < 1.29 is 0 Å². The molecule has 0 radical (unpaired) electrons. The van der Waals surface area contributed by atoms with Crippen molar-refractivity contribution >= 4 is 102 Å². The number of rotatable bonds is 6. The molecule has 5 aromatic rings. The highest BCUT2D eigenvalue weighted by Gasteiger charge is 2.21. The number of allylic oxidation sites excluding steroid dienone is 8. The van der Waals surface area contributed by atoms with Crippen molar-refractivity contribution in [1.82, 2.24) is 9.97 Å². The Morgan fingerprint density at radius 2 is 0.956 bits per heavy atom. The first-order valence-corrected chi connectivity index (χ1v) is 16.9. The lowest BCUT2D eigenvalue weighted by Gasteiger charge is -1.95. The zero-order chi connectivity index (χ0) is 29.7. The van der Waals surface area contributed by atoms with Gasteiger partial charge in [0.25, 0.3) is 0 Å². The minimum atomic E-state index is 0.935. The normalized spacial score (nSPS) is 20.4. The Hall–Kier alpha value is -5.22. The van der Waals surface area contributed by atoms with Gasteiger partial charge in [-0.05, 0) is 97.2 Å². The summed E-state index contributed by atoms with van der Waals surface area (Å²) < 4.78 is 2.57. The van der Waals surface area contributed by atoms with Crippen molar-refractivity contribution in [2.45, 2.75) is 0 Å². The lowest BCUT2D eigenvalue weighted by atomic mass is 10.2. The molecule has 214 valence electrons. The van der Waals surface area contributed by atoms with Gasteiger partial charge >= 0.3 is 0 Å². The third kappa shape index (κ3) is 4.97. The molecule has 9 heteroatoms. The maximum absolute atomic E-state index is 4.98. The number of H-pyrrole nitrogens is 2. The van der Waals surface area contributed by atoms with Crippen LogP contribution in [0.2, 0.25) is 0 Å². The number of nitrogens with one attached hydrogen (secondary N) is 2. The molecule has 0 fully saturated rings. The van der Waals surface area contributed by atoms with Crippen LogP contribution in [0, 0.1) is 0 Å². The monoisotopic (exact) mass is 634 g/mol. The van der Waals surface area contributed by atoms with E-state index in [1.165, 1.54) is 29.9 Å². The number of aromatic nitrogens is 2. The van der Waals surface area contributed by atoms with Crippen molar-refractivity contribution in [2.24, 2.45) is 20.0 Å². The summed E-state index contributed by atoms with van der Waals surface area (Å²) in [7, 11) is 0. The van der Waals surface area contributed by atoms with Gasteiger partial charge < -0.3 is 9.97 Å². The highest BCUT2D eigenvalue weighted by Crippen LogP contribution is 2.45. The third-order valence-corrected chi connectivity index (χ3v) is 11.1.